The molecule has 0 saturated heterocycles. The molecule has 0 heterocycles. The summed E-state index contributed by atoms with van der Waals surface area (Å²) in [6.45, 7) is 1.89. The highest BCUT2D eigenvalue weighted by atomic mass is 35.5. The van der Waals surface area contributed by atoms with Gasteiger partial charge < -0.3 is 15.0 Å². The molecule has 0 atom stereocenters. The van der Waals surface area contributed by atoms with Crippen molar-refractivity contribution in [2.24, 2.45) is 0 Å². The van der Waals surface area contributed by atoms with E-state index in [0.717, 1.165) is 0 Å². The van der Waals surface area contributed by atoms with Gasteiger partial charge in [0.1, 0.15) is 6.54 Å². The van der Waals surface area contributed by atoms with Gasteiger partial charge in [-0.3, -0.25) is 4.79 Å². The van der Waals surface area contributed by atoms with Gasteiger partial charge in [-0.25, -0.2) is 4.79 Å². The van der Waals surface area contributed by atoms with Crippen LogP contribution in [0.25, 0.3) is 0 Å². The maximum Gasteiger partial charge on any atom is 0.325 e. The molecule has 2 amide bonds. The first-order valence-corrected chi connectivity index (χ1v) is 5.84. The molecule has 0 aliphatic carbocycles. The van der Waals surface area contributed by atoms with Gasteiger partial charge in [0.15, 0.2) is 0 Å². The minimum Gasteiger partial charge on any atom is -0.465 e. The van der Waals surface area contributed by atoms with Gasteiger partial charge in [-0.15, -0.1) is 0 Å². The van der Waals surface area contributed by atoms with E-state index in [1.165, 1.54) is 11.9 Å². The largest absolute Gasteiger partial charge is 0.465 e. The normalized spacial score (nSPS) is 9.72. The summed E-state index contributed by atoms with van der Waals surface area (Å²) in [5, 5.41) is 3.04. The van der Waals surface area contributed by atoms with Crippen LogP contribution in [0.2, 0.25) is 5.02 Å². The zero-order valence-electron chi connectivity index (χ0n) is 10.3. The zero-order chi connectivity index (χ0) is 13.5. The van der Waals surface area contributed by atoms with Crippen LogP contribution in [0.5, 0.6) is 0 Å². The van der Waals surface area contributed by atoms with Crippen molar-refractivity contribution < 1.29 is 14.3 Å². The van der Waals surface area contributed by atoms with Gasteiger partial charge in [-0.1, -0.05) is 23.7 Å². The highest BCUT2D eigenvalue weighted by Crippen LogP contribution is 2.20. The van der Waals surface area contributed by atoms with Crippen LogP contribution in [0.4, 0.5) is 10.5 Å². The van der Waals surface area contributed by atoms with E-state index in [1.807, 2.05) is 0 Å². The van der Waals surface area contributed by atoms with Crippen molar-refractivity contribution in [3.8, 4) is 0 Å². The van der Waals surface area contributed by atoms with Gasteiger partial charge in [0.2, 0.25) is 0 Å². The van der Waals surface area contributed by atoms with Crippen molar-refractivity contribution in [3.05, 3.63) is 29.3 Å². The summed E-state index contributed by atoms with van der Waals surface area (Å²) < 4.78 is 4.75. The number of benzene rings is 1. The fourth-order valence-electron chi connectivity index (χ4n) is 1.25. The van der Waals surface area contributed by atoms with Crippen LogP contribution in [0, 0.1) is 0 Å². The fraction of sp³-hybridized carbons (Fsp3) is 0.333. The number of esters is 1. The number of urea groups is 1. The summed E-state index contributed by atoms with van der Waals surface area (Å²) in [6, 6.07) is 6.45. The predicted molar refractivity (Wildman–Crippen MR) is 69.7 cm³/mol. The smallest absolute Gasteiger partial charge is 0.325 e. The number of halogens is 1. The van der Waals surface area contributed by atoms with E-state index in [-0.39, 0.29) is 6.54 Å². The molecule has 0 radical (unpaired) electrons. The second-order valence-corrected chi connectivity index (χ2v) is 3.98. The minimum absolute atomic E-state index is 0.107. The lowest BCUT2D eigenvalue weighted by molar-refractivity contribution is -0.143. The first-order valence-electron chi connectivity index (χ1n) is 5.47. The molecule has 5 nitrogen and oxygen atoms in total. The first-order chi connectivity index (χ1) is 8.54. The van der Waals surface area contributed by atoms with E-state index in [4.69, 9.17) is 16.3 Å². The molecule has 1 rings (SSSR count). The number of para-hydroxylation sites is 1. The number of rotatable bonds is 4. The number of amides is 2. The molecule has 0 spiro atoms. The Hall–Kier alpha value is -1.75. The Balaban J connectivity index is 2.55. The predicted octanol–water partition coefficient (Wildman–Crippen LogP) is 2.37. The van der Waals surface area contributed by atoms with Crippen molar-refractivity contribution >= 4 is 29.3 Å². The van der Waals surface area contributed by atoms with Crippen molar-refractivity contribution in [2.75, 3.05) is 25.5 Å². The lowest BCUT2D eigenvalue weighted by Crippen LogP contribution is -2.36. The number of likely N-dealkylation sites (N-methyl/N-ethyl adjacent to an activating group) is 1. The van der Waals surface area contributed by atoms with E-state index in [2.05, 4.69) is 5.32 Å². The fourth-order valence-corrected chi connectivity index (χ4v) is 1.43. The Morgan fingerprint density at radius 2 is 2.06 bits per heavy atom. The van der Waals surface area contributed by atoms with Crippen molar-refractivity contribution in [3.63, 3.8) is 0 Å². The molecule has 18 heavy (non-hydrogen) atoms. The van der Waals surface area contributed by atoms with Crippen molar-refractivity contribution in [2.45, 2.75) is 6.92 Å². The third kappa shape index (κ3) is 4.25. The molecule has 98 valence electrons. The molecule has 1 aromatic rings. The molecule has 0 saturated carbocycles. The molecule has 0 fully saturated rings. The number of carbonyl (C=O) groups excluding carboxylic acids is 2. The summed E-state index contributed by atoms with van der Waals surface area (Å²) in [6.07, 6.45) is 0. The van der Waals surface area contributed by atoms with Crippen LogP contribution >= 0.6 is 11.6 Å². The quantitative estimate of drug-likeness (QED) is 0.855. The maximum absolute atomic E-state index is 11.8. The Kier molecular flexibility index (Phi) is 5.45. The molecule has 0 aliphatic heterocycles. The van der Waals surface area contributed by atoms with E-state index in [0.29, 0.717) is 17.3 Å². The zero-order valence-corrected chi connectivity index (χ0v) is 11.0. The number of carbonyl (C=O) groups is 2. The van der Waals surface area contributed by atoms with Gasteiger partial charge in [0.05, 0.1) is 17.3 Å². The average molecular weight is 271 g/mol. The summed E-state index contributed by atoms with van der Waals surface area (Å²) in [4.78, 5) is 24.2. The standard InChI is InChI=1S/C12H15ClN2O3/c1-3-18-11(16)8-15(2)12(17)14-10-7-5-4-6-9(10)13/h4-7H,3,8H2,1-2H3,(H,14,17). The van der Waals surface area contributed by atoms with E-state index in [9.17, 15) is 9.59 Å². The van der Waals surface area contributed by atoms with E-state index >= 15 is 0 Å². The number of nitrogens with one attached hydrogen (secondary N) is 1. The first kappa shape index (κ1) is 14.3. The molecule has 1 N–H and O–H groups in total. The Bertz CT molecular complexity index is 437. The summed E-state index contributed by atoms with van der Waals surface area (Å²) >= 11 is 5.90. The van der Waals surface area contributed by atoms with Crippen LogP contribution in [0.1, 0.15) is 6.92 Å². The molecule has 0 bridgehead atoms. The monoisotopic (exact) mass is 270 g/mol. The number of anilines is 1. The number of hydrogen-bond acceptors (Lipinski definition) is 3. The van der Waals surface area contributed by atoms with Gasteiger partial charge in [-0.05, 0) is 19.1 Å². The third-order valence-electron chi connectivity index (χ3n) is 2.13. The molecule has 0 unspecified atom stereocenters. The third-order valence-corrected chi connectivity index (χ3v) is 2.46. The summed E-state index contributed by atoms with van der Waals surface area (Å²) in [5.41, 5.74) is 0.500. The van der Waals surface area contributed by atoms with Crippen LogP contribution < -0.4 is 5.32 Å². The van der Waals surface area contributed by atoms with Crippen LogP contribution in [-0.2, 0) is 9.53 Å². The molecule has 6 heteroatoms. The number of hydrogen-bond donors (Lipinski definition) is 1. The van der Waals surface area contributed by atoms with Gasteiger partial charge >= 0.3 is 12.0 Å². The molecule has 0 aliphatic rings. The molecule has 0 aromatic heterocycles. The van der Waals surface area contributed by atoms with Crippen LogP contribution in [0.15, 0.2) is 24.3 Å². The lowest BCUT2D eigenvalue weighted by atomic mass is 10.3. The molecular weight excluding hydrogens is 256 g/mol. The molecule has 1 aromatic carbocycles. The Morgan fingerprint density at radius 1 is 1.39 bits per heavy atom. The highest BCUT2D eigenvalue weighted by molar-refractivity contribution is 6.33. The lowest BCUT2D eigenvalue weighted by Gasteiger charge is -2.17. The van der Waals surface area contributed by atoms with E-state index in [1.54, 1.807) is 31.2 Å². The van der Waals surface area contributed by atoms with Crippen LogP contribution in [-0.4, -0.2) is 37.1 Å². The maximum atomic E-state index is 11.8. The van der Waals surface area contributed by atoms with Gasteiger partial charge in [-0.2, -0.15) is 0 Å². The van der Waals surface area contributed by atoms with Crippen LogP contribution in [0.3, 0.4) is 0 Å². The van der Waals surface area contributed by atoms with Gasteiger partial charge in [0.25, 0.3) is 0 Å². The average Bonchev–Trinajstić information content (AvgIpc) is 2.32. The van der Waals surface area contributed by atoms with Gasteiger partial charge in [0, 0.05) is 7.05 Å². The minimum atomic E-state index is -0.450. The second-order valence-electron chi connectivity index (χ2n) is 3.57. The highest BCUT2D eigenvalue weighted by Gasteiger charge is 2.14. The topological polar surface area (TPSA) is 58.6 Å². The SMILES string of the molecule is CCOC(=O)CN(C)C(=O)Nc1ccccc1Cl. The summed E-state index contributed by atoms with van der Waals surface area (Å²) in [5.74, 6) is -0.450. The number of nitrogens with zero attached hydrogens (tertiary/aromatic N) is 1. The Labute approximate surface area is 111 Å². The molecular formula is C12H15ClN2O3. The van der Waals surface area contributed by atoms with Crippen molar-refractivity contribution in [1.82, 2.24) is 4.90 Å². The van der Waals surface area contributed by atoms with E-state index < -0.39 is 12.0 Å². The Morgan fingerprint density at radius 3 is 2.67 bits per heavy atom. The summed E-state index contributed by atoms with van der Waals surface area (Å²) in [7, 11) is 1.50. The second kappa shape index (κ2) is 6.86. The number of ether oxygens (including phenoxy) is 1. The van der Waals surface area contributed by atoms with Crippen molar-refractivity contribution in [1.29, 1.82) is 0 Å².